The van der Waals surface area contributed by atoms with E-state index < -0.39 is 11.2 Å². The lowest BCUT2D eigenvalue weighted by Crippen LogP contribution is -2.32. The maximum atomic E-state index is 12.8. The molecule has 1 aromatic carbocycles. The number of benzene rings is 1. The van der Waals surface area contributed by atoms with Crippen LogP contribution in [0.4, 0.5) is 0 Å². The smallest absolute Gasteiger partial charge is 0.339 e. The van der Waals surface area contributed by atoms with Crippen molar-refractivity contribution in [2.75, 3.05) is 0 Å². The molecule has 3 rings (SSSR count). The van der Waals surface area contributed by atoms with Crippen LogP contribution < -0.4 is 10.4 Å². The molecule has 0 spiro atoms. The SMILES string of the molecule is CC1=Cc2c(O)c(C(=O)C(C)C)c3oc(=O)c(C)c(C)c3c2OC1(C)C. The average Bonchev–Trinajstić information content (AvgIpc) is 2.54. The highest BCUT2D eigenvalue weighted by atomic mass is 16.5. The van der Waals surface area contributed by atoms with E-state index >= 15 is 0 Å². The van der Waals surface area contributed by atoms with Crippen LogP contribution in [0.25, 0.3) is 17.0 Å². The van der Waals surface area contributed by atoms with Crippen molar-refractivity contribution in [2.45, 2.75) is 54.1 Å². The predicted molar refractivity (Wildman–Crippen MR) is 101 cm³/mol. The van der Waals surface area contributed by atoms with Crippen LogP contribution >= 0.6 is 0 Å². The Morgan fingerprint density at radius 2 is 1.77 bits per heavy atom. The van der Waals surface area contributed by atoms with E-state index in [4.69, 9.17) is 9.15 Å². The molecule has 0 atom stereocenters. The van der Waals surface area contributed by atoms with Gasteiger partial charge in [-0.05, 0) is 51.8 Å². The molecule has 1 N–H and O–H groups in total. The van der Waals surface area contributed by atoms with Gasteiger partial charge in [-0.1, -0.05) is 13.8 Å². The molecule has 0 bridgehead atoms. The summed E-state index contributed by atoms with van der Waals surface area (Å²) in [6.45, 7) is 12.7. The number of ketones is 1. The second-order valence-corrected chi connectivity index (χ2v) is 7.77. The Morgan fingerprint density at radius 3 is 2.35 bits per heavy atom. The van der Waals surface area contributed by atoms with Gasteiger partial charge in [-0.25, -0.2) is 4.79 Å². The fourth-order valence-electron chi connectivity index (χ4n) is 3.15. The molecule has 2 aromatic rings. The number of phenols is 1. The topological polar surface area (TPSA) is 76.7 Å². The zero-order valence-corrected chi connectivity index (χ0v) is 16.2. The number of fused-ring (bicyclic) bond motifs is 3. The quantitative estimate of drug-likeness (QED) is 0.632. The first-order valence-corrected chi connectivity index (χ1v) is 8.72. The van der Waals surface area contributed by atoms with Crippen LogP contribution in [0, 0.1) is 19.8 Å². The Labute approximate surface area is 152 Å². The van der Waals surface area contributed by atoms with Crippen LogP contribution in [0.15, 0.2) is 14.8 Å². The molecule has 0 unspecified atom stereocenters. The van der Waals surface area contributed by atoms with E-state index in [-0.39, 0.29) is 28.6 Å². The van der Waals surface area contributed by atoms with E-state index in [1.165, 1.54) is 0 Å². The number of rotatable bonds is 2. The number of hydrogen-bond donors (Lipinski definition) is 1. The van der Waals surface area contributed by atoms with E-state index in [1.54, 1.807) is 27.7 Å². The highest BCUT2D eigenvalue weighted by Crippen LogP contribution is 2.48. The number of Topliss-reactive ketones (excluding diaryl/α,β-unsaturated/α-hetero) is 1. The summed E-state index contributed by atoms with van der Waals surface area (Å²) in [5.41, 5.74) is 1.57. The highest BCUT2D eigenvalue weighted by Gasteiger charge is 2.35. The monoisotopic (exact) mass is 356 g/mol. The van der Waals surface area contributed by atoms with Crippen LogP contribution in [0.1, 0.15) is 61.7 Å². The molecule has 5 nitrogen and oxygen atoms in total. The maximum absolute atomic E-state index is 12.8. The number of aromatic hydroxyl groups is 1. The van der Waals surface area contributed by atoms with Crippen molar-refractivity contribution in [3.05, 3.63) is 38.2 Å². The first kappa shape index (κ1) is 18.2. The zero-order valence-electron chi connectivity index (χ0n) is 16.2. The summed E-state index contributed by atoms with van der Waals surface area (Å²) in [6.07, 6.45) is 1.84. The Morgan fingerprint density at radius 1 is 1.15 bits per heavy atom. The number of carbonyl (C=O) groups excluding carboxylic acids is 1. The van der Waals surface area contributed by atoms with Gasteiger partial charge < -0.3 is 14.3 Å². The molecule has 26 heavy (non-hydrogen) atoms. The first-order valence-electron chi connectivity index (χ1n) is 8.72. The normalized spacial score (nSPS) is 15.6. The third kappa shape index (κ3) is 2.45. The highest BCUT2D eigenvalue weighted by molar-refractivity contribution is 6.13. The molecule has 0 saturated carbocycles. The molecule has 1 aromatic heterocycles. The standard InChI is InChI=1S/C21H24O5/c1-9(2)16(22)15-17(23)13-8-10(3)21(6,7)26-18(13)14-11(4)12(5)20(24)25-19(14)15/h8-9,23H,1-7H3. The van der Waals surface area contributed by atoms with Crippen molar-refractivity contribution >= 4 is 22.8 Å². The van der Waals surface area contributed by atoms with E-state index in [2.05, 4.69) is 0 Å². The second-order valence-electron chi connectivity index (χ2n) is 7.77. The minimum Gasteiger partial charge on any atom is -0.506 e. The molecule has 0 saturated heterocycles. The van der Waals surface area contributed by atoms with Crippen molar-refractivity contribution in [3.8, 4) is 11.5 Å². The minimum atomic E-state index is -0.577. The summed E-state index contributed by atoms with van der Waals surface area (Å²) < 4.78 is 11.7. The van der Waals surface area contributed by atoms with Crippen LogP contribution in [0.5, 0.6) is 11.5 Å². The minimum absolute atomic E-state index is 0.0429. The first-order chi connectivity index (χ1) is 12.0. The van der Waals surface area contributed by atoms with Crippen molar-refractivity contribution in [2.24, 2.45) is 5.92 Å². The molecule has 0 aliphatic carbocycles. The van der Waals surface area contributed by atoms with Crippen LogP contribution in [-0.4, -0.2) is 16.5 Å². The van der Waals surface area contributed by atoms with Gasteiger partial charge in [0.25, 0.3) is 0 Å². The van der Waals surface area contributed by atoms with Gasteiger partial charge in [-0.3, -0.25) is 4.79 Å². The zero-order chi connectivity index (χ0) is 19.5. The number of phenolic OH excluding ortho intramolecular Hbond substituents is 1. The largest absolute Gasteiger partial charge is 0.506 e. The van der Waals surface area contributed by atoms with Crippen molar-refractivity contribution < 1.29 is 19.1 Å². The number of carbonyl (C=O) groups is 1. The van der Waals surface area contributed by atoms with Gasteiger partial charge in [0.1, 0.15) is 22.7 Å². The summed E-state index contributed by atoms with van der Waals surface area (Å²) in [6, 6.07) is 0. The molecule has 1 aliphatic rings. The summed E-state index contributed by atoms with van der Waals surface area (Å²) in [7, 11) is 0. The van der Waals surface area contributed by atoms with Crippen LogP contribution in [-0.2, 0) is 0 Å². The lowest BCUT2D eigenvalue weighted by atomic mass is 9.87. The lowest BCUT2D eigenvalue weighted by Gasteiger charge is -2.34. The summed E-state index contributed by atoms with van der Waals surface area (Å²) in [5.74, 6) is -0.400. The average molecular weight is 356 g/mol. The van der Waals surface area contributed by atoms with Gasteiger partial charge >= 0.3 is 5.63 Å². The molecule has 2 heterocycles. The fourth-order valence-corrected chi connectivity index (χ4v) is 3.15. The molecule has 0 fully saturated rings. The Hall–Kier alpha value is -2.56. The van der Waals surface area contributed by atoms with E-state index in [0.29, 0.717) is 27.8 Å². The van der Waals surface area contributed by atoms with E-state index in [0.717, 1.165) is 5.57 Å². The fraction of sp³-hybridized carbons (Fsp3) is 0.429. The van der Waals surface area contributed by atoms with Gasteiger partial charge in [-0.15, -0.1) is 0 Å². The molecule has 0 radical (unpaired) electrons. The van der Waals surface area contributed by atoms with Crippen molar-refractivity contribution in [1.29, 1.82) is 0 Å². The second kappa shape index (κ2) is 5.73. The van der Waals surface area contributed by atoms with Crippen molar-refractivity contribution in [3.63, 3.8) is 0 Å². The predicted octanol–water partition coefficient (Wildman–Crippen LogP) is 4.53. The Balaban J connectivity index is 2.59. The van der Waals surface area contributed by atoms with Crippen LogP contribution in [0.3, 0.4) is 0 Å². The van der Waals surface area contributed by atoms with Gasteiger partial charge in [0.2, 0.25) is 0 Å². The van der Waals surface area contributed by atoms with E-state index in [1.807, 2.05) is 26.8 Å². The number of ether oxygens (including phenoxy) is 1. The third-order valence-electron chi connectivity index (χ3n) is 5.29. The number of aryl methyl sites for hydroxylation is 1. The molecular formula is C21H24O5. The Bertz CT molecular complexity index is 1040. The molecule has 0 amide bonds. The molecular weight excluding hydrogens is 332 g/mol. The summed E-state index contributed by atoms with van der Waals surface area (Å²) in [5, 5.41) is 11.4. The van der Waals surface area contributed by atoms with Gasteiger partial charge in [-0.2, -0.15) is 0 Å². The lowest BCUT2D eigenvalue weighted by molar-refractivity contribution is 0.0937. The van der Waals surface area contributed by atoms with Gasteiger partial charge in [0.15, 0.2) is 11.4 Å². The van der Waals surface area contributed by atoms with Crippen LogP contribution in [0.2, 0.25) is 0 Å². The van der Waals surface area contributed by atoms with E-state index in [9.17, 15) is 14.7 Å². The number of hydrogen-bond acceptors (Lipinski definition) is 5. The molecule has 138 valence electrons. The molecule has 5 heteroatoms. The van der Waals surface area contributed by atoms with Crippen molar-refractivity contribution in [1.82, 2.24) is 0 Å². The van der Waals surface area contributed by atoms with Gasteiger partial charge in [0.05, 0.1) is 10.9 Å². The van der Waals surface area contributed by atoms with Gasteiger partial charge in [0, 0.05) is 11.5 Å². The Kier molecular flexibility index (Phi) is 4.02. The maximum Gasteiger partial charge on any atom is 0.339 e. The molecule has 1 aliphatic heterocycles. The summed E-state index contributed by atoms with van der Waals surface area (Å²) in [4.78, 5) is 25.0. The third-order valence-corrected chi connectivity index (χ3v) is 5.29. The summed E-state index contributed by atoms with van der Waals surface area (Å²) >= 11 is 0.